The molecule has 1 aliphatic rings. The number of benzene rings is 1. The molecule has 1 aliphatic carbocycles. The van der Waals surface area contributed by atoms with E-state index in [1.807, 2.05) is 0 Å². The van der Waals surface area contributed by atoms with Gasteiger partial charge in [-0.25, -0.2) is 0 Å². The highest BCUT2D eigenvalue weighted by Gasteiger charge is 2.41. The van der Waals surface area contributed by atoms with E-state index in [0.717, 1.165) is 32.1 Å². The number of carbonyl (C=O) groups excluding carboxylic acids is 2. The Morgan fingerprint density at radius 3 is 2.59 bits per heavy atom. The highest BCUT2D eigenvalue weighted by atomic mass is 16.5. The second kappa shape index (κ2) is 9.86. The SMILES string of the molecule is C#CCOc1ccc(C(=O)NCC2(C(=O)OCC)CCCCC2)cc1OC. The third kappa shape index (κ3) is 5.16. The third-order valence-corrected chi connectivity index (χ3v) is 4.84. The topological polar surface area (TPSA) is 73.9 Å². The van der Waals surface area contributed by atoms with E-state index in [9.17, 15) is 9.59 Å². The van der Waals surface area contributed by atoms with Crippen LogP contribution in [0.15, 0.2) is 18.2 Å². The Hall–Kier alpha value is -2.68. The molecule has 0 spiro atoms. The quantitative estimate of drug-likeness (QED) is 0.560. The number of terminal acetylenes is 1. The fourth-order valence-corrected chi connectivity index (χ4v) is 3.36. The van der Waals surface area contributed by atoms with Crippen molar-refractivity contribution < 1.29 is 23.8 Å². The average molecular weight is 373 g/mol. The lowest BCUT2D eigenvalue weighted by molar-refractivity contribution is -0.157. The van der Waals surface area contributed by atoms with E-state index in [1.54, 1.807) is 25.1 Å². The normalized spacial score (nSPS) is 15.3. The largest absolute Gasteiger partial charge is 0.493 e. The van der Waals surface area contributed by atoms with Crippen LogP contribution in [0.4, 0.5) is 0 Å². The lowest BCUT2D eigenvalue weighted by atomic mass is 9.74. The summed E-state index contributed by atoms with van der Waals surface area (Å²) in [6, 6.07) is 4.88. The molecule has 0 bridgehead atoms. The van der Waals surface area contributed by atoms with Crippen molar-refractivity contribution in [2.24, 2.45) is 5.41 Å². The predicted molar refractivity (Wildman–Crippen MR) is 102 cm³/mol. The molecule has 1 fully saturated rings. The van der Waals surface area contributed by atoms with Crippen molar-refractivity contribution in [3.8, 4) is 23.8 Å². The molecule has 1 N–H and O–H groups in total. The minimum Gasteiger partial charge on any atom is -0.493 e. The van der Waals surface area contributed by atoms with E-state index in [0.29, 0.717) is 23.7 Å². The van der Waals surface area contributed by atoms with Crippen LogP contribution in [0.2, 0.25) is 0 Å². The van der Waals surface area contributed by atoms with Gasteiger partial charge in [0.1, 0.15) is 6.61 Å². The smallest absolute Gasteiger partial charge is 0.313 e. The third-order valence-electron chi connectivity index (χ3n) is 4.84. The summed E-state index contributed by atoms with van der Waals surface area (Å²) in [5.41, 5.74) is -0.209. The molecular formula is C21H27NO5. The van der Waals surface area contributed by atoms with Gasteiger partial charge in [-0.15, -0.1) is 6.42 Å². The second-order valence-corrected chi connectivity index (χ2v) is 6.60. The van der Waals surface area contributed by atoms with Crippen LogP contribution >= 0.6 is 0 Å². The minimum atomic E-state index is -0.635. The molecule has 1 amide bonds. The van der Waals surface area contributed by atoms with E-state index in [4.69, 9.17) is 20.6 Å². The van der Waals surface area contributed by atoms with E-state index in [1.165, 1.54) is 7.11 Å². The van der Waals surface area contributed by atoms with Gasteiger partial charge in [0.05, 0.1) is 19.1 Å². The Labute approximate surface area is 160 Å². The molecule has 6 nitrogen and oxygen atoms in total. The Balaban J connectivity index is 2.09. The van der Waals surface area contributed by atoms with Crippen molar-refractivity contribution in [3.05, 3.63) is 23.8 Å². The number of amides is 1. The van der Waals surface area contributed by atoms with Crippen molar-refractivity contribution >= 4 is 11.9 Å². The number of methoxy groups -OCH3 is 1. The van der Waals surface area contributed by atoms with Crippen LogP contribution < -0.4 is 14.8 Å². The molecule has 1 aromatic rings. The zero-order valence-electron chi connectivity index (χ0n) is 16.0. The van der Waals surface area contributed by atoms with Crippen molar-refractivity contribution in [2.75, 3.05) is 26.9 Å². The van der Waals surface area contributed by atoms with Crippen LogP contribution in [0.3, 0.4) is 0 Å². The summed E-state index contributed by atoms with van der Waals surface area (Å²) >= 11 is 0. The van der Waals surface area contributed by atoms with Crippen LogP contribution in [-0.2, 0) is 9.53 Å². The average Bonchev–Trinajstić information content (AvgIpc) is 2.71. The van der Waals surface area contributed by atoms with Gasteiger partial charge in [0.15, 0.2) is 11.5 Å². The monoisotopic (exact) mass is 373 g/mol. The molecule has 0 radical (unpaired) electrons. The Bertz CT molecular complexity index is 701. The standard InChI is InChI=1S/C21H27NO5/c1-4-13-27-17-10-9-16(14-18(17)25-3)19(23)22-15-21(20(24)26-5-2)11-7-6-8-12-21/h1,9-10,14H,5-8,11-13,15H2,2-3H3,(H,22,23). The molecule has 2 rings (SSSR count). The highest BCUT2D eigenvalue weighted by Crippen LogP contribution is 2.37. The Kier molecular flexibility index (Phi) is 7.54. The van der Waals surface area contributed by atoms with Crippen LogP contribution in [-0.4, -0.2) is 38.7 Å². The van der Waals surface area contributed by atoms with Crippen molar-refractivity contribution in [1.29, 1.82) is 0 Å². The van der Waals surface area contributed by atoms with Gasteiger partial charge in [-0.2, -0.15) is 0 Å². The predicted octanol–water partition coefficient (Wildman–Crippen LogP) is 2.95. The Morgan fingerprint density at radius 2 is 1.96 bits per heavy atom. The van der Waals surface area contributed by atoms with Gasteiger partial charge in [0.2, 0.25) is 0 Å². The van der Waals surface area contributed by atoms with Gasteiger partial charge in [0.25, 0.3) is 5.91 Å². The summed E-state index contributed by atoms with van der Waals surface area (Å²) in [7, 11) is 1.50. The van der Waals surface area contributed by atoms with Crippen LogP contribution in [0, 0.1) is 17.8 Å². The summed E-state index contributed by atoms with van der Waals surface area (Å²) in [5.74, 6) is 2.79. The van der Waals surface area contributed by atoms with Gasteiger partial charge in [-0.3, -0.25) is 9.59 Å². The second-order valence-electron chi connectivity index (χ2n) is 6.60. The fourth-order valence-electron chi connectivity index (χ4n) is 3.36. The summed E-state index contributed by atoms with van der Waals surface area (Å²) in [4.78, 5) is 25.1. The van der Waals surface area contributed by atoms with Crippen molar-refractivity contribution in [1.82, 2.24) is 5.32 Å². The van der Waals surface area contributed by atoms with Crippen LogP contribution in [0.1, 0.15) is 49.4 Å². The molecule has 0 heterocycles. The summed E-state index contributed by atoms with van der Waals surface area (Å²) in [6.07, 6.45) is 9.68. The number of carbonyl (C=O) groups is 2. The lowest BCUT2D eigenvalue weighted by Crippen LogP contribution is -2.45. The molecule has 1 saturated carbocycles. The van der Waals surface area contributed by atoms with Crippen LogP contribution in [0.25, 0.3) is 0 Å². The minimum absolute atomic E-state index is 0.115. The summed E-state index contributed by atoms with van der Waals surface area (Å²) in [6.45, 7) is 2.51. The molecule has 1 aromatic carbocycles. The first kappa shape index (κ1) is 20.6. The molecular weight excluding hydrogens is 346 g/mol. The lowest BCUT2D eigenvalue weighted by Gasteiger charge is -2.34. The zero-order chi connectivity index (χ0) is 19.7. The number of hydrogen-bond donors (Lipinski definition) is 1. The van der Waals surface area contributed by atoms with Gasteiger partial charge >= 0.3 is 5.97 Å². The maximum absolute atomic E-state index is 12.6. The first-order valence-corrected chi connectivity index (χ1v) is 9.26. The van der Waals surface area contributed by atoms with Crippen LogP contribution in [0.5, 0.6) is 11.5 Å². The number of hydrogen-bond acceptors (Lipinski definition) is 5. The molecule has 6 heteroatoms. The van der Waals surface area contributed by atoms with Gasteiger partial charge in [-0.1, -0.05) is 25.2 Å². The van der Waals surface area contributed by atoms with Gasteiger partial charge in [-0.05, 0) is 38.0 Å². The first-order chi connectivity index (χ1) is 13.1. The summed E-state index contributed by atoms with van der Waals surface area (Å²) < 4.78 is 15.9. The molecule has 0 atom stereocenters. The zero-order valence-corrected chi connectivity index (χ0v) is 16.0. The fraction of sp³-hybridized carbons (Fsp3) is 0.524. The van der Waals surface area contributed by atoms with Crippen molar-refractivity contribution in [3.63, 3.8) is 0 Å². The van der Waals surface area contributed by atoms with E-state index in [-0.39, 0.29) is 25.0 Å². The Morgan fingerprint density at radius 1 is 1.22 bits per heavy atom. The van der Waals surface area contributed by atoms with Gasteiger partial charge in [0, 0.05) is 12.1 Å². The van der Waals surface area contributed by atoms with Crippen molar-refractivity contribution in [2.45, 2.75) is 39.0 Å². The first-order valence-electron chi connectivity index (χ1n) is 9.26. The van der Waals surface area contributed by atoms with E-state index < -0.39 is 5.41 Å². The highest BCUT2D eigenvalue weighted by molar-refractivity contribution is 5.95. The van der Waals surface area contributed by atoms with E-state index >= 15 is 0 Å². The van der Waals surface area contributed by atoms with Gasteiger partial charge < -0.3 is 19.5 Å². The molecule has 0 aromatic heterocycles. The summed E-state index contributed by atoms with van der Waals surface area (Å²) in [5, 5.41) is 2.89. The molecule has 0 unspecified atom stereocenters. The number of rotatable bonds is 8. The molecule has 146 valence electrons. The number of esters is 1. The molecule has 27 heavy (non-hydrogen) atoms. The molecule has 0 aliphatic heterocycles. The number of ether oxygens (including phenoxy) is 3. The maximum Gasteiger partial charge on any atom is 0.313 e. The van der Waals surface area contributed by atoms with E-state index in [2.05, 4.69) is 11.2 Å². The maximum atomic E-state index is 12.6. The number of nitrogens with one attached hydrogen (secondary N) is 1. The molecule has 0 saturated heterocycles.